The summed E-state index contributed by atoms with van der Waals surface area (Å²) in [4.78, 5) is 2.38. The van der Waals surface area contributed by atoms with Crippen molar-refractivity contribution in [3.05, 3.63) is 29.3 Å². The van der Waals surface area contributed by atoms with Gasteiger partial charge in [-0.2, -0.15) is 17.0 Å². The molecule has 0 spiro atoms. The molecule has 3 aliphatic heterocycles. The van der Waals surface area contributed by atoms with E-state index in [1.54, 1.807) is 8.61 Å². The van der Waals surface area contributed by atoms with Crippen molar-refractivity contribution >= 4 is 15.9 Å². The lowest BCUT2D eigenvalue weighted by Gasteiger charge is -2.36. The average molecular weight is 379 g/mol. The molecule has 2 saturated heterocycles. The maximum Gasteiger partial charge on any atom is 0.282 e. The van der Waals surface area contributed by atoms with Gasteiger partial charge in [0.25, 0.3) is 10.2 Å². The van der Waals surface area contributed by atoms with E-state index in [0.717, 1.165) is 58.3 Å². The van der Waals surface area contributed by atoms with Gasteiger partial charge in [0.05, 0.1) is 0 Å². The predicted molar refractivity (Wildman–Crippen MR) is 104 cm³/mol. The molecule has 0 saturated carbocycles. The van der Waals surface area contributed by atoms with E-state index < -0.39 is 10.2 Å². The van der Waals surface area contributed by atoms with Crippen LogP contribution in [0.25, 0.3) is 0 Å². The fourth-order valence-electron chi connectivity index (χ4n) is 4.34. The van der Waals surface area contributed by atoms with Gasteiger partial charge in [-0.25, -0.2) is 0 Å². The van der Waals surface area contributed by atoms with Gasteiger partial charge in [-0.3, -0.25) is 4.90 Å². The molecule has 0 atom stereocenters. The first-order chi connectivity index (χ1) is 12.6. The zero-order valence-corrected chi connectivity index (χ0v) is 16.3. The van der Waals surface area contributed by atoms with Gasteiger partial charge >= 0.3 is 0 Å². The lowest BCUT2D eigenvalue weighted by atomic mass is 10.1. The van der Waals surface area contributed by atoms with Gasteiger partial charge in [-0.05, 0) is 30.4 Å². The van der Waals surface area contributed by atoms with Crippen molar-refractivity contribution in [3.63, 3.8) is 0 Å². The topological polar surface area (TPSA) is 55.9 Å². The molecular formula is C19H30N4O2S. The lowest BCUT2D eigenvalue weighted by molar-refractivity contribution is 0.175. The molecule has 2 fully saturated rings. The standard InChI is InChI=1S/C19H30N4O2S/c24-26(25,22-10-3-1-2-4-11-22)23-14-12-21(13-15-23)16-18-7-5-6-17-8-9-20-19(17)18/h5-7,20H,1-4,8-16H2. The summed E-state index contributed by atoms with van der Waals surface area (Å²) in [6.45, 7) is 6.09. The van der Waals surface area contributed by atoms with Crippen LogP contribution in [0.15, 0.2) is 18.2 Å². The Labute approximate surface area is 157 Å². The molecule has 1 aromatic rings. The van der Waals surface area contributed by atoms with Gasteiger partial charge in [0.2, 0.25) is 0 Å². The van der Waals surface area contributed by atoms with Crippen molar-refractivity contribution in [1.82, 2.24) is 13.5 Å². The van der Waals surface area contributed by atoms with Crippen LogP contribution in [0.2, 0.25) is 0 Å². The highest BCUT2D eigenvalue weighted by molar-refractivity contribution is 7.86. The summed E-state index contributed by atoms with van der Waals surface area (Å²) in [5, 5.41) is 3.50. The van der Waals surface area contributed by atoms with Crippen LogP contribution in [0.5, 0.6) is 0 Å². The van der Waals surface area contributed by atoms with Gasteiger partial charge < -0.3 is 5.32 Å². The molecule has 0 radical (unpaired) electrons. The summed E-state index contributed by atoms with van der Waals surface area (Å²) < 4.78 is 29.3. The Balaban J connectivity index is 1.36. The number of hydrogen-bond donors (Lipinski definition) is 1. The lowest BCUT2D eigenvalue weighted by Crippen LogP contribution is -2.52. The molecule has 1 N–H and O–H groups in total. The maximum absolute atomic E-state index is 12.9. The molecule has 26 heavy (non-hydrogen) atoms. The number of piperazine rings is 1. The van der Waals surface area contributed by atoms with Crippen LogP contribution < -0.4 is 5.32 Å². The molecule has 3 aliphatic rings. The summed E-state index contributed by atoms with van der Waals surface area (Å²) >= 11 is 0. The van der Waals surface area contributed by atoms with Crippen LogP contribution in [0.4, 0.5) is 5.69 Å². The second-order valence-electron chi connectivity index (χ2n) is 7.62. The van der Waals surface area contributed by atoms with Crippen molar-refractivity contribution in [1.29, 1.82) is 0 Å². The largest absolute Gasteiger partial charge is 0.384 e. The highest BCUT2D eigenvalue weighted by atomic mass is 32.2. The fraction of sp³-hybridized carbons (Fsp3) is 0.684. The Morgan fingerprint density at radius 1 is 0.885 bits per heavy atom. The zero-order chi connectivity index (χ0) is 18.0. The van der Waals surface area contributed by atoms with Crippen LogP contribution >= 0.6 is 0 Å². The second kappa shape index (κ2) is 7.84. The number of nitrogens with zero attached hydrogens (tertiary/aromatic N) is 3. The number of hydrogen-bond acceptors (Lipinski definition) is 4. The van der Waals surface area contributed by atoms with Gasteiger partial charge in [0.15, 0.2) is 0 Å². The number of rotatable bonds is 4. The summed E-state index contributed by atoms with van der Waals surface area (Å²) in [6.07, 6.45) is 5.38. The van der Waals surface area contributed by atoms with Crippen LogP contribution in [0.1, 0.15) is 36.8 Å². The average Bonchev–Trinajstić information content (AvgIpc) is 2.96. The minimum atomic E-state index is -3.29. The van der Waals surface area contributed by atoms with E-state index >= 15 is 0 Å². The first-order valence-corrected chi connectivity index (χ1v) is 11.4. The Hall–Kier alpha value is -1.15. The van der Waals surface area contributed by atoms with Crippen LogP contribution in [0, 0.1) is 0 Å². The molecule has 0 unspecified atom stereocenters. The number of anilines is 1. The molecule has 1 aromatic carbocycles. The first-order valence-electron chi connectivity index (χ1n) is 9.97. The molecule has 0 amide bonds. The molecule has 0 bridgehead atoms. The van der Waals surface area contributed by atoms with E-state index in [2.05, 4.69) is 28.4 Å². The summed E-state index contributed by atoms with van der Waals surface area (Å²) in [6, 6.07) is 6.53. The molecular weight excluding hydrogens is 348 g/mol. The Morgan fingerprint density at radius 3 is 2.31 bits per heavy atom. The third kappa shape index (κ3) is 3.76. The second-order valence-corrected chi connectivity index (χ2v) is 9.55. The van der Waals surface area contributed by atoms with E-state index in [1.165, 1.54) is 16.8 Å². The van der Waals surface area contributed by atoms with Gasteiger partial charge in [0, 0.05) is 58.0 Å². The van der Waals surface area contributed by atoms with Crippen LogP contribution in [-0.4, -0.2) is 67.7 Å². The van der Waals surface area contributed by atoms with Gasteiger partial charge in [-0.15, -0.1) is 0 Å². The molecule has 0 aromatic heterocycles. The SMILES string of the molecule is O=S(=O)(N1CCCCCC1)N1CCN(Cc2cccc3c2NCC3)CC1. The normalized spacial score (nSPS) is 23.4. The summed E-state index contributed by atoms with van der Waals surface area (Å²) in [7, 11) is -3.29. The summed E-state index contributed by atoms with van der Waals surface area (Å²) in [5.41, 5.74) is 4.04. The maximum atomic E-state index is 12.9. The van der Waals surface area contributed by atoms with E-state index in [9.17, 15) is 8.42 Å². The van der Waals surface area contributed by atoms with Crippen LogP contribution in [-0.2, 0) is 23.2 Å². The first kappa shape index (κ1) is 18.2. The third-order valence-corrected chi connectivity index (χ3v) is 7.91. The van der Waals surface area contributed by atoms with Crippen molar-refractivity contribution < 1.29 is 8.42 Å². The Bertz CT molecular complexity index is 721. The monoisotopic (exact) mass is 378 g/mol. The Morgan fingerprint density at radius 2 is 1.58 bits per heavy atom. The van der Waals surface area contributed by atoms with Gasteiger partial charge in [-0.1, -0.05) is 31.0 Å². The molecule has 0 aliphatic carbocycles. The smallest absolute Gasteiger partial charge is 0.282 e. The highest BCUT2D eigenvalue weighted by Crippen LogP contribution is 2.28. The Kier molecular flexibility index (Phi) is 5.50. The van der Waals surface area contributed by atoms with E-state index in [1.807, 2.05) is 0 Å². The predicted octanol–water partition coefficient (Wildman–Crippen LogP) is 1.89. The molecule has 7 heteroatoms. The number of nitrogens with one attached hydrogen (secondary N) is 1. The molecule has 144 valence electrons. The molecule has 4 rings (SSSR count). The minimum absolute atomic E-state index is 0.598. The molecule has 3 heterocycles. The van der Waals surface area contributed by atoms with Crippen molar-refractivity contribution in [2.75, 3.05) is 51.1 Å². The number of fused-ring (bicyclic) bond motifs is 1. The molecule has 6 nitrogen and oxygen atoms in total. The zero-order valence-electron chi connectivity index (χ0n) is 15.5. The van der Waals surface area contributed by atoms with Gasteiger partial charge in [0.1, 0.15) is 0 Å². The van der Waals surface area contributed by atoms with E-state index in [0.29, 0.717) is 26.2 Å². The highest BCUT2D eigenvalue weighted by Gasteiger charge is 2.32. The number of benzene rings is 1. The third-order valence-electron chi connectivity index (χ3n) is 5.88. The fourth-order valence-corrected chi connectivity index (χ4v) is 6.01. The number of para-hydroxylation sites is 1. The minimum Gasteiger partial charge on any atom is -0.384 e. The summed E-state index contributed by atoms with van der Waals surface area (Å²) in [5.74, 6) is 0. The van der Waals surface area contributed by atoms with Crippen LogP contribution in [0.3, 0.4) is 0 Å². The quantitative estimate of drug-likeness (QED) is 0.869. The van der Waals surface area contributed by atoms with E-state index in [4.69, 9.17) is 0 Å². The van der Waals surface area contributed by atoms with Crippen molar-refractivity contribution in [3.8, 4) is 0 Å². The van der Waals surface area contributed by atoms with E-state index in [-0.39, 0.29) is 0 Å². The van der Waals surface area contributed by atoms with Crippen molar-refractivity contribution in [2.45, 2.75) is 38.6 Å². The van der Waals surface area contributed by atoms with Crippen molar-refractivity contribution in [2.24, 2.45) is 0 Å².